The van der Waals surface area contributed by atoms with E-state index in [-0.39, 0.29) is 12.1 Å². The SMILES string of the molecule is CCOC(=O)N(CC)[C@@H]1CCCCCCc2cc(O)ccc2C1. The molecule has 1 amide bonds. The van der Waals surface area contributed by atoms with Gasteiger partial charge < -0.3 is 14.7 Å². The highest BCUT2D eigenvalue weighted by molar-refractivity contribution is 5.68. The highest BCUT2D eigenvalue weighted by Gasteiger charge is 2.24. The number of aryl methyl sites for hydroxylation is 1. The fourth-order valence-corrected chi connectivity index (χ4v) is 3.46. The minimum atomic E-state index is -0.211. The van der Waals surface area contributed by atoms with Crippen LogP contribution in [0.25, 0.3) is 0 Å². The van der Waals surface area contributed by atoms with Gasteiger partial charge >= 0.3 is 6.09 Å². The van der Waals surface area contributed by atoms with E-state index in [1.54, 1.807) is 6.07 Å². The number of fused-ring (bicyclic) bond motifs is 1. The average Bonchev–Trinajstić information content (AvgIpc) is 2.53. The fourth-order valence-electron chi connectivity index (χ4n) is 3.46. The van der Waals surface area contributed by atoms with Crippen LogP contribution in [0, 0.1) is 0 Å². The van der Waals surface area contributed by atoms with Crippen molar-refractivity contribution in [1.29, 1.82) is 0 Å². The van der Waals surface area contributed by atoms with E-state index in [9.17, 15) is 9.90 Å². The molecule has 0 fully saturated rings. The summed E-state index contributed by atoms with van der Waals surface area (Å²) in [6, 6.07) is 5.82. The zero-order valence-electron chi connectivity index (χ0n) is 14.4. The highest BCUT2D eigenvalue weighted by Crippen LogP contribution is 2.25. The predicted molar refractivity (Wildman–Crippen MR) is 91.8 cm³/mol. The maximum absolute atomic E-state index is 12.3. The summed E-state index contributed by atoms with van der Waals surface area (Å²) >= 11 is 0. The standard InChI is InChI=1S/C19H29NO3/c1-3-20(19(22)23-4-2)17-10-8-6-5-7-9-15-14-18(21)12-11-16(15)13-17/h11-12,14,17,21H,3-10,13H2,1-2H3/t17-/m1/s1. The first-order valence-electron chi connectivity index (χ1n) is 8.89. The number of carbonyl (C=O) groups is 1. The average molecular weight is 319 g/mol. The maximum Gasteiger partial charge on any atom is 0.409 e. The second-order valence-corrected chi connectivity index (χ2v) is 6.25. The number of phenols is 1. The smallest absolute Gasteiger partial charge is 0.409 e. The van der Waals surface area contributed by atoms with E-state index in [1.165, 1.54) is 24.0 Å². The van der Waals surface area contributed by atoms with Gasteiger partial charge in [-0.3, -0.25) is 0 Å². The summed E-state index contributed by atoms with van der Waals surface area (Å²) in [7, 11) is 0. The molecule has 1 aliphatic rings. The third-order valence-corrected chi connectivity index (χ3v) is 4.66. The number of benzene rings is 1. The summed E-state index contributed by atoms with van der Waals surface area (Å²) < 4.78 is 5.23. The Hall–Kier alpha value is -1.71. The van der Waals surface area contributed by atoms with Crippen molar-refractivity contribution in [2.45, 2.75) is 64.8 Å². The minimum absolute atomic E-state index is 0.167. The molecule has 23 heavy (non-hydrogen) atoms. The van der Waals surface area contributed by atoms with Crippen LogP contribution in [0.4, 0.5) is 4.79 Å². The number of hydrogen-bond acceptors (Lipinski definition) is 3. The Kier molecular flexibility index (Phi) is 6.75. The topological polar surface area (TPSA) is 49.8 Å². The fraction of sp³-hybridized carbons (Fsp3) is 0.632. The number of carbonyl (C=O) groups excluding carboxylic acids is 1. The van der Waals surface area contributed by atoms with Crippen molar-refractivity contribution < 1.29 is 14.6 Å². The molecule has 1 N–H and O–H groups in total. The maximum atomic E-state index is 12.3. The number of amides is 1. The Balaban J connectivity index is 2.24. The highest BCUT2D eigenvalue weighted by atomic mass is 16.6. The summed E-state index contributed by atoms with van der Waals surface area (Å²) in [6.45, 7) is 4.92. The van der Waals surface area contributed by atoms with Crippen LogP contribution in [0.1, 0.15) is 57.1 Å². The van der Waals surface area contributed by atoms with Gasteiger partial charge in [0.1, 0.15) is 5.75 Å². The van der Waals surface area contributed by atoms with Crippen LogP contribution in [0.15, 0.2) is 18.2 Å². The van der Waals surface area contributed by atoms with E-state index in [0.29, 0.717) is 18.9 Å². The number of rotatable bonds is 3. The van der Waals surface area contributed by atoms with Crippen LogP contribution in [-0.4, -0.2) is 35.3 Å². The van der Waals surface area contributed by atoms with Crippen LogP contribution >= 0.6 is 0 Å². The molecule has 0 radical (unpaired) electrons. The summed E-state index contributed by atoms with van der Waals surface area (Å²) in [6.07, 6.45) is 7.34. The molecule has 0 saturated carbocycles. The van der Waals surface area contributed by atoms with E-state index >= 15 is 0 Å². The van der Waals surface area contributed by atoms with Gasteiger partial charge in [-0.05, 0) is 62.8 Å². The first kappa shape index (κ1) is 17.6. The Bertz CT molecular complexity index is 515. The van der Waals surface area contributed by atoms with Gasteiger partial charge in [-0.2, -0.15) is 0 Å². The number of likely N-dealkylation sites (N-methyl/N-ethyl adjacent to an activating group) is 1. The molecule has 4 nitrogen and oxygen atoms in total. The van der Waals surface area contributed by atoms with Gasteiger partial charge in [0.15, 0.2) is 0 Å². The summed E-state index contributed by atoms with van der Waals surface area (Å²) in [5, 5.41) is 9.77. The number of ether oxygens (including phenoxy) is 1. The van der Waals surface area contributed by atoms with E-state index in [4.69, 9.17) is 4.74 Å². The second kappa shape index (κ2) is 8.80. The Morgan fingerprint density at radius 3 is 2.74 bits per heavy atom. The van der Waals surface area contributed by atoms with Crippen molar-refractivity contribution in [2.24, 2.45) is 0 Å². The molecule has 1 aromatic rings. The molecule has 2 rings (SSSR count). The third-order valence-electron chi connectivity index (χ3n) is 4.66. The molecule has 0 spiro atoms. The van der Waals surface area contributed by atoms with Gasteiger partial charge in [0.2, 0.25) is 0 Å². The lowest BCUT2D eigenvalue weighted by Crippen LogP contribution is -2.42. The predicted octanol–water partition coefficient (Wildman–Crippen LogP) is 4.29. The van der Waals surface area contributed by atoms with Gasteiger partial charge in [-0.1, -0.05) is 25.3 Å². The molecular formula is C19H29NO3. The van der Waals surface area contributed by atoms with Crippen LogP contribution < -0.4 is 0 Å². The molecule has 0 aliphatic heterocycles. The Labute approximate surface area is 139 Å². The number of hydrogen-bond donors (Lipinski definition) is 1. The van der Waals surface area contributed by atoms with Gasteiger partial charge in [0.05, 0.1) is 6.61 Å². The second-order valence-electron chi connectivity index (χ2n) is 6.25. The monoisotopic (exact) mass is 319 g/mol. The molecule has 1 atom stereocenters. The largest absolute Gasteiger partial charge is 0.508 e. The number of phenolic OH excluding ortho intramolecular Hbond substituents is 1. The Morgan fingerprint density at radius 2 is 2.00 bits per heavy atom. The van der Waals surface area contributed by atoms with Crippen molar-refractivity contribution in [3.8, 4) is 5.75 Å². The minimum Gasteiger partial charge on any atom is -0.508 e. The van der Waals surface area contributed by atoms with Crippen LogP contribution in [0.3, 0.4) is 0 Å². The first-order valence-corrected chi connectivity index (χ1v) is 8.89. The summed E-state index contributed by atoms with van der Waals surface area (Å²) in [4.78, 5) is 14.1. The van der Waals surface area contributed by atoms with E-state index in [0.717, 1.165) is 32.1 Å². The number of aromatic hydroxyl groups is 1. The first-order chi connectivity index (χ1) is 11.2. The lowest BCUT2D eigenvalue weighted by Gasteiger charge is -2.31. The van der Waals surface area contributed by atoms with Crippen LogP contribution in [-0.2, 0) is 17.6 Å². The Morgan fingerprint density at radius 1 is 1.22 bits per heavy atom. The molecule has 4 heteroatoms. The van der Waals surface area contributed by atoms with E-state index < -0.39 is 0 Å². The normalized spacial score (nSPS) is 18.8. The molecular weight excluding hydrogens is 290 g/mol. The van der Waals surface area contributed by atoms with Crippen molar-refractivity contribution in [3.63, 3.8) is 0 Å². The zero-order chi connectivity index (χ0) is 16.7. The van der Waals surface area contributed by atoms with E-state index in [1.807, 2.05) is 30.9 Å². The number of nitrogens with zero attached hydrogens (tertiary/aromatic N) is 1. The zero-order valence-corrected chi connectivity index (χ0v) is 14.4. The van der Waals surface area contributed by atoms with Crippen molar-refractivity contribution in [3.05, 3.63) is 29.3 Å². The van der Waals surface area contributed by atoms with Crippen LogP contribution in [0.5, 0.6) is 5.75 Å². The van der Waals surface area contributed by atoms with Crippen molar-refractivity contribution in [2.75, 3.05) is 13.2 Å². The molecule has 1 aliphatic carbocycles. The molecule has 0 bridgehead atoms. The van der Waals surface area contributed by atoms with Crippen molar-refractivity contribution in [1.82, 2.24) is 4.90 Å². The van der Waals surface area contributed by atoms with Gasteiger partial charge in [0, 0.05) is 12.6 Å². The lowest BCUT2D eigenvalue weighted by molar-refractivity contribution is 0.0895. The lowest BCUT2D eigenvalue weighted by atomic mass is 9.91. The molecule has 128 valence electrons. The molecule has 0 unspecified atom stereocenters. The molecule has 0 heterocycles. The van der Waals surface area contributed by atoms with Gasteiger partial charge in [-0.15, -0.1) is 0 Å². The van der Waals surface area contributed by atoms with Gasteiger partial charge in [-0.25, -0.2) is 4.79 Å². The molecule has 0 aromatic heterocycles. The van der Waals surface area contributed by atoms with Gasteiger partial charge in [0.25, 0.3) is 0 Å². The summed E-state index contributed by atoms with van der Waals surface area (Å²) in [5.74, 6) is 0.329. The third kappa shape index (κ3) is 4.88. The summed E-state index contributed by atoms with van der Waals surface area (Å²) in [5.41, 5.74) is 2.47. The molecule has 1 aromatic carbocycles. The quantitative estimate of drug-likeness (QED) is 0.904. The van der Waals surface area contributed by atoms with E-state index in [2.05, 4.69) is 0 Å². The van der Waals surface area contributed by atoms with Crippen LogP contribution in [0.2, 0.25) is 0 Å². The molecule has 0 saturated heterocycles. The van der Waals surface area contributed by atoms with Crippen molar-refractivity contribution >= 4 is 6.09 Å².